The predicted molar refractivity (Wildman–Crippen MR) is 65.1 cm³/mol. The van der Waals surface area contributed by atoms with Gasteiger partial charge in [0.15, 0.2) is 0 Å². The number of hydrogen-bond donors (Lipinski definition) is 0. The normalized spacial score (nSPS) is 36.8. The fourth-order valence-electron chi connectivity index (χ4n) is 2.84. The van der Waals surface area contributed by atoms with Crippen LogP contribution < -0.4 is 0 Å². The standard InChI is InChI=1S/C12H15BrS/c13-12(7-11-2-1-3-14-11)10-5-8-4-9(8)6-10/h1-3,8-10,12H,4-7H2. The van der Waals surface area contributed by atoms with Crippen LogP contribution in [0.4, 0.5) is 0 Å². The van der Waals surface area contributed by atoms with Gasteiger partial charge in [0.05, 0.1) is 0 Å². The Morgan fingerprint density at radius 2 is 2.14 bits per heavy atom. The first-order valence-corrected chi connectivity index (χ1v) is 7.29. The molecule has 0 spiro atoms. The molecule has 2 aliphatic carbocycles. The Balaban J connectivity index is 1.58. The molecule has 0 nitrogen and oxygen atoms in total. The summed E-state index contributed by atoms with van der Waals surface area (Å²) in [5, 5.41) is 2.18. The molecule has 0 N–H and O–H groups in total. The van der Waals surface area contributed by atoms with Gasteiger partial charge in [0, 0.05) is 9.70 Å². The minimum absolute atomic E-state index is 0.731. The quantitative estimate of drug-likeness (QED) is 0.726. The lowest BCUT2D eigenvalue weighted by Crippen LogP contribution is -2.14. The van der Waals surface area contributed by atoms with Gasteiger partial charge in [-0.3, -0.25) is 0 Å². The molecule has 3 unspecified atom stereocenters. The topological polar surface area (TPSA) is 0 Å². The molecule has 3 atom stereocenters. The summed E-state index contributed by atoms with van der Waals surface area (Å²) < 4.78 is 0. The van der Waals surface area contributed by atoms with E-state index in [4.69, 9.17) is 0 Å². The molecule has 0 aromatic carbocycles. The van der Waals surface area contributed by atoms with E-state index in [-0.39, 0.29) is 0 Å². The van der Waals surface area contributed by atoms with Crippen LogP contribution in [0.25, 0.3) is 0 Å². The van der Waals surface area contributed by atoms with Gasteiger partial charge >= 0.3 is 0 Å². The molecule has 1 aromatic heterocycles. The van der Waals surface area contributed by atoms with E-state index in [9.17, 15) is 0 Å². The summed E-state index contributed by atoms with van der Waals surface area (Å²) in [6.45, 7) is 0. The molecule has 2 aliphatic rings. The Morgan fingerprint density at radius 3 is 2.79 bits per heavy atom. The summed E-state index contributed by atoms with van der Waals surface area (Å²) in [6.07, 6.45) is 5.76. The highest BCUT2D eigenvalue weighted by molar-refractivity contribution is 9.09. The van der Waals surface area contributed by atoms with Gasteiger partial charge in [-0.1, -0.05) is 22.0 Å². The summed E-state index contributed by atoms with van der Waals surface area (Å²) in [5.41, 5.74) is 0. The Morgan fingerprint density at radius 1 is 1.36 bits per heavy atom. The molecule has 3 rings (SSSR count). The second-order valence-electron chi connectivity index (χ2n) is 4.79. The van der Waals surface area contributed by atoms with E-state index in [1.165, 1.54) is 30.6 Å². The lowest BCUT2D eigenvalue weighted by atomic mass is 9.97. The van der Waals surface area contributed by atoms with E-state index in [0.717, 1.165) is 22.6 Å². The number of halogens is 1. The van der Waals surface area contributed by atoms with Gasteiger partial charge in [0.2, 0.25) is 0 Å². The van der Waals surface area contributed by atoms with Crippen molar-refractivity contribution in [1.82, 2.24) is 0 Å². The lowest BCUT2D eigenvalue weighted by Gasteiger charge is -2.18. The third kappa shape index (κ3) is 1.79. The van der Waals surface area contributed by atoms with Crippen molar-refractivity contribution in [3.05, 3.63) is 22.4 Å². The number of hydrogen-bond acceptors (Lipinski definition) is 1. The smallest absolute Gasteiger partial charge is 0.0222 e. The zero-order valence-electron chi connectivity index (χ0n) is 8.16. The van der Waals surface area contributed by atoms with Crippen LogP contribution in [0.5, 0.6) is 0 Å². The summed E-state index contributed by atoms with van der Waals surface area (Å²) >= 11 is 5.77. The zero-order chi connectivity index (χ0) is 9.54. The van der Waals surface area contributed by atoms with E-state index in [0.29, 0.717) is 0 Å². The first kappa shape index (κ1) is 9.41. The fraction of sp³-hybridized carbons (Fsp3) is 0.667. The highest BCUT2D eigenvalue weighted by Crippen LogP contribution is 2.56. The van der Waals surface area contributed by atoms with Crippen LogP contribution in [0.1, 0.15) is 24.1 Å². The Hall–Kier alpha value is 0.180. The van der Waals surface area contributed by atoms with Crippen LogP contribution >= 0.6 is 27.3 Å². The Bertz CT molecular complexity index is 296. The van der Waals surface area contributed by atoms with Crippen molar-refractivity contribution in [3.63, 3.8) is 0 Å². The summed E-state index contributed by atoms with van der Waals surface area (Å²) in [4.78, 5) is 2.27. The second-order valence-corrected chi connectivity index (χ2v) is 7.00. The van der Waals surface area contributed by atoms with Crippen molar-refractivity contribution in [2.45, 2.75) is 30.5 Å². The van der Waals surface area contributed by atoms with Crippen molar-refractivity contribution in [1.29, 1.82) is 0 Å². The minimum atomic E-state index is 0.731. The number of alkyl halides is 1. The second kappa shape index (κ2) is 3.64. The van der Waals surface area contributed by atoms with Gasteiger partial charge < -0.3 is 0 Å². The maximum absolute atomic E-state index is 3.88. The van der Waals surface area contributed by atoms with E-state index in [1.807, 2.05) is 11.3 Å². The molecule has 0 radical (unpaired) electrons. The van der Waals surface area contributed by atoms with Crippen LogP contribution in [-0.2, 0) is 6.42 Å². The number of thiophene rings is 1. The van der Waals surface area contributed by atoms with Crippen LogP contribution in [0.2, 0.25) is 0 Å². The van der Waals surface area contributed by atoms with Crippen LogP contribution in [0, 0.1) is 17.8 Å². The zero-order valence-corrected chi connectivity index (χ0v) is 10.6. The largest absolute Gasteiger partial charge is 0.149 e. The molecule has 1 aromatic rings. The lowest BCUT2D eigenvalue weighted by molar-refractivity contribution is 0.472. The Kier molecular flexibility index (Phi) is 2.45. The van der Waals surface area contributed by atoms with Gasteiger partial charge in [0.1, 0.15) is 0 Å². The first-order valence-electron chi connectivity index (χ1n) is 5.49. The monoisotopic (exact) mass is 270 g/mol. The van der Waals surface area contributed by atoms with Gasteiger partial charge in [0.25, 0.3) is 0 Å². The fourth-order valence-corrected chi connectivity index (χ4v) is 4.60. The predicted octanol–water partition coefficient (Wildman–Crippen LogP) is 4.10. The van der Waals surface area contributed by atoms with Crippen molar-refractivity contribution in [2.75, 3.05) is 0 Å². The van der Waals surface area contributed by atoms with E-state index >= 15 is 0 Å². The highest BCUT2D eigenvalue weighted by atomic mass is 79.9. The van der Waals surface area contributed by atoms with Crippen LogP contribution in [0.15, 0.2) is 17.5 Å². The van der Waals surface area contributed by atoms with Crippen molar-refractivity contribution in [2.24, 2.45) is 17.8 Å². The van der Waals surface area contributed by atoms with Gasteiger partial charge in [-0.05, 0) is 54.9 Å². The van der Waals surface area contributed by atoms with Crippen molar-refractivity contribution < 1.29 is 0 Å². The molecule has 1 heterocycles. The summed E-state index contributed by atoms with van der Waals surface area (Å²) in [7, 11) is 0. The summed E-state index contributed by atoms with van der Waals surface area (Å²) in [6, 6.07) is 4.42. The molecule has 76 valence electrons. The van der Waals surface area contributed by atoms with Gasteiger partial charge in [-0.15, -0.1) is 11.3 Å². The van der Waals surface area contributed by atoms with E-state index in [1.54, 1.807) is 0 Å². The molecule has 14 heavy (non-hydrogen) atoms. The third-order valence-electron chi connectivity index (χ3n) is 3.77. The molecular weight excluding hydrogens is 256 g/mol. The molecule has 0 saturated heterocycles. The molecule has 0 aliphatic heterocycles. The average Bonchev–Trinajstić information content (AvgIpc) is 2.68. The van der Waals surface area contributed by atoms with E-state index in [2.05, 4.69) is 33.4 Å². The molecule has 2 fully saturated rings. The number of rotatable bonds is 3. The van der Waals surface area contributed by atoms with Crippen LogP contribution in [-0.4, -0.2) is 4.83 Å². The molecular formula is C12H15BrS. The number of fused-ring (bicyclic) bond motifs is 1. The molecule has 0 amide bonds. The Labute approximate surface area is 97.8 Å². The van der Waals surface area contributed by atoms with Crippen LogP contribution in [0.3, 0.4) is 0 Å². The van der Waals surface area contributed by atoms with Gasteiger partial charge in [-0.25, -0.2) is 0 Å². The van der Waals surface area contributed by atoms with Crippen molar-refractivity contribution in [3.8, 4) is 0 Å². The third-order valence-corrected chi connectivity index (χ3v) is 5.74. The van der Waals surface area contributed by atoms with Crippen molar-refractivity contribution >= 4 is 27.3 Å². The maximum Gasteiger partial charge on any atom is 0.0222 e. The maximum atomic E-state index is 3.88. The van der Waals surface area contributed by atoms with Gasteiger partial charge in [-0.2, -0.15) is 0 Å². The van der Waals surface area contributed by atoms with E-state index < -0.39 is 0 Å². The SMILES string of the molecule is BrC(Cc1cccs1)C1CC2CC2C1. The molecule has 0 bridgehead atoms. The average molecular weight is 271 g/mol. The minimum Gasteiger partial charge on any atom is -0.149 e. The first-order chi connectivity index (χ1) is 6.83. The summed E-state index contributed by atoms with van der Waals surface area (Å²) in [5.74, 6) is 3.19. The molecule has 2 saturated carbocycles. The molecule has 2 heteroatoms. The highest BCUT2D eigenvalue weighted by Gasteiger charge is 2.47.